The molecule has 3 nitrogen and oxygen atoms in total. The lowest BCUT2D eigenvalue weighted by Crippen LogP contribution is -2.10. The lowest BCUT2D eigenvalue weighted by Gasteiger charge is -2.06. The highest BCUT2D eigenvalue weighted by molar-refractivity contribution is 9.22. The van der Waals surface area contributed by atoms with Gasteiger partial charge in [0.15, 0.2) is 0 Å². The van der Waals surface area contributed by atoms with Crippen molar-refractivity contribution in [2.45, 2.75) is 11.8 Å². The minimum absolute atomic E-state index is 0.242. The van der Waals surface area contributed by atoms with Crippen molar-refractivity contribution in [1.29, 1.82) is 0 Å². The van der Waals surface area contributed by atoms with E-state index in [1.54, 1.807) is 24.3 Å². The Morgan fingerprint density at radius 3 is 2.00 bits per heavy atom. The number of halogens is 2. The summed E-state index contributed by atoms with van der Waals surface area (Å²) >= 11 is 5.63. The molecule has 0 saturated heterocycles. The molecule has 0 aliphatic rings. The molecule has 0 aliphatic heterocycles. The summed E-state index contributed by atoms with van der Waals surface area (Å²) in [4.78, 5) is 0.242. The van der Waals surface area contributed by atoms with Gasteiger partial charge in [-0.05, 0) is 19.1 Å². The third-order valence-corrected chi connectivity index (χ3v) is 5.02. The molecule has 0 atom stereocenters. The third kappa shape index (κ3) is 2.52. The normalized spacial score (nSPS) is 12.0. The summed E-state index contributed by atoms with van der Waals surface area (Å²) in [5, 5.41) is 0. The first-order valence-electron chi connectivity index (χ1n) is 3.38. The highest BCUT2D eigenvalue weighted by Crippen LogP contribution is 2.22. The van der Waals surface area contributed by atoms with Crippen molar-refractivity contribution in [3.8, 4) is 0 Å². The van der Waals surface area contributed by atoms with Crippen LogP contribution in [0.3, 0.4) is 0 Å². The zero-order valence-corrected chi connectivity index (χ0v) is 10.7. The molecular formula is C7H7Br2NO2S. The van der Waals surface area contributed by atoms with Crippen LogP contribution >= 0.6 is 32.3 Å². The van der Waals surface area contributed by atoms with Crippen molar-refractivity contribution in [2.24, 2.45) is 0 Å². The van der Waals surface area contributed by atoms with Crippen LogP contribution in [0.1, 0.15) is 5.56 Å². The number of aryl methyl sites for hydroxylation is 1. The van der Waals surface area contributed by atoms with Crippen LogP contribution in [-0.4, -0.2) is 10.8 Å². The predicted molar refractivity (Wildman–Crippen MR) is 58.1 cm³/mol. The van der Waals surface area contributed by atoms with Crippen molar-refractivity contribution in [2.75, 3.05) is 0 Å². The van der Waals surface area contributed by atoms with E-state index >= 15 is 0 Å². The van der Waals surface area contributed by atoms with Gasteiger partial charge < -0.3 is 0 Å². The van der Waals surface area contributed by atoms with E-state index in [2.05, 4.69) is 32.3 Å². The average molecular weight is 329 g/mol. The molecule has 0 amide bonds. The maximum absolute atomic E-state index is 11.5. The molecule has 0 spiro atoms. The fourth-order valence-electron chi connectivity index (χ4n) is 0.790. The van der Waals surface area contributed by atoms with E-state index in [0.717, 1.165) is 7.92 Å². The molecule has 13 heavy (non-hydrogen) atoms. The van der Waals surface area contributed by atoms with Crippen LogP contribution in [-0.2, 0) is 10.0 Å². The quantitative estimate of drug-likeness (QED) is 0.783. The van der Waals surface area contributed by atoms with Gasteiger partial charge in [-0.1, -0.05) is 20.1 Å². The first-order valence-corrected chi connectivity index (χ1v) is 6.24. The average Bonchev–Trinajstić information content (AvgIpc) is 2.04. The van der Waals surface area contributed by atoms with E-state index in [1.807, 2.05) is 6.92 Å². The van der Waals surface area contributed by atoms with Crippen molar-refractivity contribution in [1.82, 2.24) is 2.36 Å². The van der Waals surface area contributed by atoms with Gasteiger partial charge in [-0.2, -0.15) is 0 Å². The highest BCUT2D eigenvalue weighted by atomic mass is 79.9. The van der Waals surface area contributed by atoms with Crippen LogP contribution in [0.15, 0.2) is 29.2 Å². The van der Waals surface area contributed by atoms with Crippen molar-refractivity contribution < 1.29 is 8.42 Å². The maximum atomic E-state index is 11.5. The van der Waals surface area contributed by atoms with Crippen LogP contribution in [0.2, 0.25) is 0 Å². The lowest BCUT2D eigenvalue weighted by atomic mass is 10.2. The molecule has 0 fully saturated rings. The van der Waals surface area contributed by atoms with Crippen molar-refractivity contribution in [3.63, 3.8) is 0 Å². The third-order valence-electron chi connectivity index (χ3n) is 1.50. The topological polar surface area (TPSA) is 37.4 Å². The van der Waals surface area contributed by atoms with Crippen molar-refractivity contribution in [3.05, 3.63) is 29.8 Å². The Balaban J connectivity index is 3.17. The van der Waals surface area contributed by atoms with E-state index in [9.17, 15) is 8.42 Å². The van der Waals surface area contributed by atoms with Crippen LogP contribution in [0, 0.1) is 6.92 Å². The standard InChI is InChI=1S/C7H7Br2NO2S/c1-6-2-4-7(5-3-6)13(11,12)10(8)9/h2-5H,1H3. The van der Waals surface area contributed by atoms with Gasteiger partial charge in [-0.25, -0.2) is 8.42 Å². The first kappa shape index (κ1) is 11.2. The minimum atomic E-state index is -3.43. The SMILES string of the molecule is Cc1ccc(S(=O)(=O)N(Br)Br)cc1. The molecule has 6 heteroatoms. The predicted octanol–water partition coefficient (Wildman–Crippen LogP) is 2.61. The monoisotopic (exact) mass is 327 g/mol. The van der Waals surface area contributed by atoms with Gasteiger partial charge in [0, 0.05) is 32.3 Å². The fraction of sp³-hybridized carbons (Fsp3) is 0.143. The molecule has 1 rings (SSSR count). The summed E-state index contributed by atoms with van der Waals surface area (Å²) in [7, 11) is -3.43. The van der Waals surface area contributed by atoms with E-state index in [1.165, 1.54) is 0 Å². The summed E-state index contributed by atoms with van der Waals surface area (Å²) in [6.07, 6.45) is 0. The molecule has 0 unspecified atom stereocenters. The summed E-state index contributed by atoms with van der Waals surface area (Å²) in [6, 6.07) is 6.60. The molecule has 0 radical (unpaired) electrons. The van der Waals surface area contributed by atoms with Crippen LogP contribution in [0.4, 0.5) is 0 Å². The van der Waals surface area contributed by atoms with E-state index in [-0.39, 0.29) is 4.90 Å². The lowest BCUT2D eigenvalue weighted by molar-refractivity contribution is 0.585. The molecular weight excluding hydrogens is 322 g/mol. The molecule has 0 bridgehead atoms. The number of benzene rings is 1. The summed E-state index contributed by atoms with van der Waals surface area (Å²) in [5.41, 5.74) is 1.02. The minimum Gasteiger partial charge on any atom is -0.205 e. The van der Waals surface area contributed by atoms with Crippen LogP contribution in [0.5, 0.6) is 0 Å². The van der Waals surface area contributed by atoms with Gasteiger partial charge in [0.2, 0.25) is 0 Å². The van der Waals surface area contributed by atoms with Gasteiger partial charge in [0.25, 0.3) is 10.0 Å². The van der Waals surface area contributed by atoms with E-state index in [4.69, 9.17) is 0 Å². The largest absolute Gasteiger partial charge is 0.262 e. The Bertz CT molecular complexity index is 385. The van der Waals surface area contributed by atoms with E-state index < -0.39 is 10.0 Å². The molecule has 1 aromatic carbocycles. The number of sulfonamides is 1. The second-order valence-electron chi connectivity index (χ2n) is 2.49. The number of nitrogens with zero attached hydrogens (tertiary/aromatic N) is 1. The Morgan fingerprint density at radius 2 is 1.62 bits per heavy atom. The van der Waals surface area contributed by atoms with Gasteiger partial charge >= 0.3 is 0 Å². The summed E-state index contributed by atoms with van der Waals surface area (Å²) in [5.74, 6) is 0. The summed E-state index contributed by atoms with van der Waals surface area (Å²) < 4.78 is 23.8. The van der Waals surface area contributed by atoms with Gasteiger partial charge in [0.05, 0.1) is 4.90 Å². The molecule has 0 aromatic heterocycles. The van der Waals surface area contributed by atoms with Crippen LogP contribution < -0.4 is 0 Å². The Morgan fingerprint density at radius 1 is 1.15 bits per heavy atom. The van der Waals surface area contributed by atoms with Gasteiger partial charge in [-0.3, -0.25) is 0 Å². The second-order valence-corrected chi connectivity index (χ2v) is 7.59. The second kappa shape index (κ2) is 4.08. The molecule has 1 aromatic rings. The molecule has 0 N–H and O–H groups in total. The van der Waals surface area contributed by atoms with E-state index in [0.29, 0.717) is 0 Å². The molecule has 0 heterocycles. The molecule has 0 saturated carbocycles. The molecule has 72 valence electrons. The van der Waals surface area contributed by atoms with Crippen molar-refractivity contribution >= 4 is 42.3 Å². The first-order chi connectivity index (χ1) is 5.94. The van der Waals surface area contributed by atoms with Crippen LogP contribution in [0.25, 0.3) is 0 Å². The Hall–Kier alpha value is 0.0900. The summed E-state index contributed by atoms with van der Waals surface area (Å²) in [6.45, 7) is 1.90. The number of rotatable bonds is 2. The fourth-order valence-corrected chi connectivity index (χ4v) is 2.43. The zero-order chi connectivity index (χ0) is 10.1. The van der Waals surface area contributed by atoms with Gasteiger partial charge in [-0.15, -0.1) is 0 Å². The Kier molecular flexibility index (Phi) is 3.50. The molecule has 0 aliphatic carbocycles. The Labute approximate surface area is 94.5 Å². The smallest absolute Gasteiger partial charge is 0.205 e. The number of hydrogen-bond acceptors (Lipinski definition) is 2. The maximum Gasteiger partial charge on any atom is 0.262 e. The number of hydrogen-bond donors (Lipinski definition) is 0. The zero-order valence-electron chi connectivity index (χ0n) is 6.74. The highest BCUT2D eigenvalue weighted by Gasteiger charge is 2.19. The van der Waals surface area contributed by atoms with Gasteiger partial charge in [0.1, 0.15) is 0 Å².